The first-order chi connectivity index (χ1) is 11.2. The molecule has 0 radical (unpaired) electrons. The van der Waals surface area contributed by atoms with Crippen LogP contribution in [0.4, 0.5) is 11.8 Å². The molecule has 2 aliphatic heterocycles. The van der Waals surface area contributed by atoms with Crippen LogP contribution in [0.2, 0.25) is 0 Å². The van der Waals surface area contributed by atoms with Gasteiger partial charge in [0, 0.05) is 56.2 Å². The molecule has 2 N–H and O–H groups in total. The highest BCUT2D eigenvalue weighted by Gasteiger charge is 2.18. The smallest absolute Gasteiger partial charge is 0.222 e. The van der Waals surface area contributed by atoms with Gasteiger partial charge in [0.2, 0.25) is 5.95 Å². The number of rotatable bonds is 2. The van der Waals surface area contributed by atoms with E-state index in [9.17, 15) is 0 Å². The fourth-order valence-electron chi connectivity index (χ4n) is 3.50. The van der Waals surface area contributed by atoms with Gasteiger partial charge in [0.1, 0.15) is 5.82 Å². The van der Waals surface area contributed by atoms with Crippen LogP contribution in [0.1, 0.15) is 18.5 Å². The van der Waals surface area contributed by atoms with Gasteiger partial charge in [-0.25, -0.2) is 4.98 Å². The number of fused-ring (bicyclic) bond motifs is 1. The first-order valence-electron chi connectivity index (χ1n) is 8.46. The van der Waals surface area contributed by atoms with Crippen LogP contribution in [0.15, 0.2) is 18.3 Å². The number of nitrogen functional groups attached to an aromatic ring is 1. The number of aromatic nitrogens is 3. The van der Waals surface area contributed by atoms with Crippen molar-refractivity contribution >= 4 is 11.8 Å². The third kappa shape index (κ3) is 2.91. The van der Waals surface area contributed by atoms with Gasteiger partial charge in [0.15, 0.2) is 0 Å². The highest BCUT2D eigenvalue weighted by molar-refractivity contribution is 5.65. The Morgan fingerprint density at radius 1 is 1.00 bits per heavy atom. The fraction of sp³-hybridized carbons (Fsp3) is 0.529. The molecule has 1 fully saturated rings. The third-order valence-corrected chi connectivity index (χ3v) is 4.92. The molecule has 4 rings (SSSR count). The van der Waals surface area contributed by atoms with Crippen molar-refractivity contribution in [2.75, 3.05) is 43.9 Å². The van der Waals surface area contributed by atoms with Gasteiger partial charge < -0.3 is 20.1 Å². The summed E-state index contributed by atoms with van der Waals surface area (Å²) < 4.78 is 2.35. The highest BCUT2D eigenvalue weighted by atomic mass is 15.3. The summed E-state index contributed by atoms with van der Waals surface area (Å²) in [6.45, 7) is 5.19. The van der Waals surface area contributed by atoms with Gasteiger partial charge in [-0.15, -0.1) is 0 Å². The molecule has 0 amide bonds. The minimum absolute atomic E-state index is 0.362. The van der Waals surface area contributed by atoms with Crippen molar-refractivity contribution in [3.05, 3.63) is 24.0 Å². The molecule has 0 saturated carbocycles. The number of piperazine rings is 1. The van der Waals surface area contributed by atoms with E-state index < -0.39 is 0 Å². The van der Waals surface area contributed by atoms with Gasteiger partial charge in [0.05, 0.1) is 5.69 Å². The zero-order chi connectivity index (χ0) is 15.8. The van der Waals surface area contributed by atoms with Gasteiger partial charge in [0.25, 0.3) is 0 Å². The molecule has 2 aromatic rings. The SMILES string of the molecule is CN1CCN(c2cc(-c3cc4n(c3)CCCC4)nc(N)n2)CC1. The molecular weight excluding hydrogens is 288 g/mol. The number of nitrogens with zero attached hydrogens (tertiary/aromatic N) is 5. The molecule has 0 aliphatic carbocycles. The van der Waals surface area contributed by atoms with E-state index in [2.05, 4.69) is 49.7 Å². The maximum Gasteiger partial charge on any atom is 0.222 e. The lowest BCUT2D eigenvalue weighted by Gasteiger charge is -2.33. The standard InChI is InChI=1S/C17H24N6/c1-21-6-8-22(9-7-21)16-11-15(19-17(18)20-16)13-10-14-4-2-3-5-23(14)12-13/h10-12H,2-9H2,1H3,(H2,18,19,20). The predicted molar refractivity (Wildman–Crippen MR) is 92.5 cm³/mol. The second-order valence-corrected chi connectivity index (χ2v) is 6.63. The summed E-state index contributed by atoms with van der Waals surface area (Å²) in [7, 11) is 2.16. The molecule has 23 heavy (non-hydrogen) atoms. The second kappa shape index (κ2) is 5.85. The van der Waals surface area contributed by atoms with Crippen LogP contribution < -0.4 is 10.6 Å². The minimum atomic E-state index is 0.362. The van der Waals surface area contributed by atoms with Crippen molar-refractivity contribution in [3.8, 4) is 11.3 Å². The molecule has 2 aromatic heterocycles. The summed E-state index contributed by atoms with van der Waals surface area (Å²) in [5.74, 6) is 1.31. The van der Waals surface area contributed by atoms with Crippen molar-refractivity contribution in [1.82, 2.24) is 19.4 Å². The van der Waals surface area contributed by atoms with Gasteiger partial charge in [-0.05, 0) is 32.4 Å². The van der Waals surface area contributed by atoms with Crippen LogP contribution in [0.3, 0.4) is 0 Å². The molecule has 0 bridgehead atoms. The largest absolute Gasteiger partial charge is 0.368 e. The molecule has 6 heteroatoms. The third-order valence-electron chi connectivity index (χ3n) is 4.92. The van der Waals surface area contributed by atoms with Crippen molar-refractivity contribution in [1.29, 1.82) is 0 Å². The van der Waals surface area contributed by atoms with Crippen molar-refractivity contribution in [3.63, 3.8) is 0 Å². The molecule has 122 valence electrons. The summed E-state index contributed by atoms with van der Waals surface area (Å²) in [6, 6.07) is 4.34. The van der Waals surface area contributed by atoms with E-state index in [1.165, 1.54) is 18.5 Å². The van der Waals surface area contributed by atoms with Crippen molar-refractivity contribution in [2.24, 2.45) is 0 Å². The number of hydrogen-bond donors (Lipinski definition) is 1. The molecule has 1 saturated heterocycles. The van der Waals surface area contributed by atoms with Crippen molar-refractivity contribution in [2.45, 2.75) is 25.8 Å². The average Bonchev–Trinajstić information content (AvgIpc) is 2.99. The van der Waals surface area contributed by atoms with Gasteiger partial charge in [-0.1, -0.05) is 0 Å². The molecule has 0 unspecified atom stereocenters. The Morgan fingerprint density at radius 3 is 2.61 bits per heavy atom. The van der Waals surface area contributed by atoms with Gasteiger partial charge >= 0.3 is 0 Å². The Kier molecular flexibility index (Phi) is 3.69. The molecule has 0 spiro atoms. The van der Waals surface area contributed by atoms with E-state index in [0.717, 1.165) is 56.2 Å². The number of hydrogen-bond acceptors (Lipinski definition) is 5. The zero-order valence-corrected chi connectivity index (χ0v) is 13.7. The van der Waals surface area contributed by atoms with E-state index in [4.69, 9.17) is 5.73 Å². The van der Waals surface area contributed by atoms with Crippen molar-refractivity contribution < 1.29 is 0 Å². The summed E-state index contributed by atoms with van der Waals surface area (Å²) in [5, 5.41) is 0. The maximum absolute atomic E-state index is 5.99. The number of nitrogens with two attached hydrogens (primary N) is 1. The summed E-state index contributed by atoms with van der Waals surface area (Å²) in [4.78, 5) is 13.6. The number of likely N-dealkylation sites (N-methyl/N-ethyl adjacent to an activating group) is 1. The van der Waals surface area contributed by atoms with E-state index in [1.807, 2.05) is 0 Å². The van der Waals surface area contributed by atoms with E-state index in [-0.39, 0.29) is 0 Å². The normalized spacial score (nSPS) is 18.9. The first kappa shape index (κ1) is 14.5. The summed E-state index contributed by atoms with van der Waals surface area (Å²) in [6.07, 6.45) is 5.91. The monoisotopic (exact) mass is 312 g/mol. The highest BCUT2D eigenvalue weighted by Crippen LogP contribution is 2.27. The Hall–Kier alpha value is -2.08. The first-order valence-corrected chi connectivity index (χ1v) is 8.46. The van der Waals surface area contributed by atoms with Crippen LogP contribution in [0, 0.1) is 0 Å². The Labute approximate surface area is 136 Å². The summed E-state index contributed by atoms with van der Waals surface area (Å²) in [5.41, 5.74) is 9.49. The molecule has 0 atom stereocenters. The minimum Gasteiger partial charge on any atom is -0.368 e. The molecule has 2 aliphatic rings. The number of anilines is 2. The lowest BCUT2D eigenvalue weighted by atomic mass is 10.1. The fourth-order valence-corrected chi connectivity index (χ4v) is 3.50. The molecule has 4 heterocycles. The molecule has 0 aromatic carbocycles. The zero-order valence-electron chi connectivity index (χ0n) is 13.7. The lowest BCUT2D eigenvalue weighted by Crippen LogP contribution is -2.44. The van der Waals surface area contributed by atoms with Crippen LogP contribution in [-0.2, 0) is 13.0 Å². The van der Waals surface area contributed by atoms with E-state index >= 15 is 0 Å². The maximum atomic E-state index is 5.99. The topological polar surface area (TPSA) is 63.2 Å². The van der Waals surface area contributed by atoms with Crippen LogP contribution >= 0.6 is 0 Å². The van der Waals surface area contributed by atoms with Gasteiger partial charge in [-0.3, -0.25) is 0 Å². The van der Waals surface area contributed by atoms with E-state index in [1.54, 1.807) is 0 Å². The quantitative estimate of drug-likeness (QED) is 0.913. The predicted octanol–water partition coefficient (Wildman–Crippen LogP) is 1.62. The average molecular weight is 312 g/mol. The number of aryl methyl sites for hydroxylation is 2. The second-order valence-electron chi connectivity index (χ2n) is 6.63. The Balaban J connectivity index is 1.65. The summed E-state index contributed by atoms with van der Waals surface area (Å²) >= 11 is 0. The van der Waals surface area contributed by atoms with Crippen LogP contribution in [-0.4, -0.2) is 52.7 Å². The molecular formula is C17H24N6. The lowest BCUT2D eigenvalue weighted by molar-refractivity contribution is 0.312. The molecule has 6 nitrogen and oxygen atoms in total. The van der Waals surface area contributed by atoms with E-state index in [0.29, 0.717) is 5.95 Å². The van der Waals surface area contributed by atoms with Crippen LogP contribution in [0.5, 0.6) is 0 Å². The Bertz CT molecular complexity index is 676. The van der Waals surface area contributed by atoms with Gasteiger partial charge in [-0.2, -0.15) is 4.98 Å². The van der Waals surface area contributed by atoms with Crippen LogP contribution in [0.25, 0.3) is 11.3 Å². The Morgan fingerprint density at radius 2 is 1.83 bits per heavy atom.